The molecular formula is C13H19ClN2O. The fourth-order valence-electron chi connectivity index (χ4n) is 2.32. The highest BCUT2D eigenvalue weighted by atomic mass is 35.5. The lowest BCUT2D eigenvalue weighted by atomic mass is 9.90. The van der Waals surface area contributed by atoms with Gasteiger partial charge >= 0.3 is 0 Å². The van der Waals surface area contributed by atoms with E-state index in [0.717, 1.165) is 11.3 Å². The van der Waals surface area contributed by atoms with Gasteiger partial charge in [0.05, 0.1) is 6.61 Å². The summed E-state index contributed by atoms with van der Waals surface area (Å²) in [4.78, 5) is 2.25. The van der Waals surface area contributed by atoms with E-state index in [1.165, 1.54) is 19.3 Å². The van der Waals surface area contributed by atoms with Gasteiger partial charge in [-0.15, -0.1) is 0 Å². The van der Waals surface area contributed by atoms with Gasteiger partial charge in [0, 0.05) is 35.4 Å². The minimum absolute atomic E-state index is 0.160. The Labute approximate surface area is 107 Å². The van der Waals surface area contributed by atoms with E-state index in [9.17, 15) is 5.11 Å². The average Bonchev–Trinajstić information content (AvgIpc) is 2.26. The van der Waals surface area contributed by atoms with Gasteiger partial charge in [0.2, 0.25) is 0 Å². The molecule has 17 heavy (non-hydrogen) atoms. The van der Waals surface area contributed by atoms with Crippen LogP contribution < -0.4 is 10.6 Å². The number of aliphatic hydroxyl groups excluding tert-OH is 1. The summed E-state index contributed by atoms with van der Waals surface area (Å²) in [5, 5.41) is 9.91. The van der Waals surface area contributed by atoms with Crippen LogP contribution in [0.1, 0.15) is 24.8 Å². The number of anilines is 1. The minimum atomic E-state index is 0.160. The number of hydrogen-bond acceptors (Lipinski definition) is 3. The van der Waals surface area contributed by atoms with Crippen molar-refractivity contribution in [3.63, 3.8) is 0 Å². The first kappa shape index (κ1) is 12.7. The van der Waals surface area contributed by atoms with Crippen LogP contribution in [-0.4, -0.2) is 24.3 Å². The van der Waals surface area contributed by atoms with Crippen molar-refractivity contribution in [3.05, 3.63) is 28.8 Å². The Kier molecular flexibility index (Phi) is 4.26. The zero-order chi connectivity index (χ0) is 12.3. The maximum Gasteiger partial charge on any atom is 0.0606 e. The molecule has 0 atom stereocenters. The molecule has 0 saturated heterocycles. The maximum atomic E-state index is 9.19. The maximum absolute atomic E-state index is 9.19. The van der Waals surface area contributed by atoms with Crippen LogP contribution in [0.15, 0.2) is 18.2 Å². The monoisotopic (exact) mass is 254 g/mol. The van der Waals surface area contributed by atoms with Crippen molar-refractivity contribution in [2.75, 3.05) is 18.1 Å². The molecule has 3 nitrogen and oxygen atoms in total. The van der Waals surface area contributed by atoms with Crippen LogP contribution >= 0.6 is 11.6 Å². The Morgan fingerprint density at radius 1 is 1.41 bits per heavy atom. The minimum Gasteiger partial charge on any atom is -0.395 e. The highest BCUT2D eigenvalue weighted by molar-refractivity contribution is 6.31. The topological polar surface area (TPSA) is 49.5 Å². The van der Waals surface area contributed by atoms with Crippen LogP contribution in [0.3, 0.4) is 0 Å². The zero-order valence-corrected chi connectivity index (χ0v) is 10.7. The zero-order valence-electron chi connectivity index (χ0n) is 9.90. The Balaban J connectivity index is 2.30. The van der Waals surface area contributed by atoms with E-state index in [2.05, 4.69) is 4.90 Å². The normalized spacial score (nSPS) is 15.7. The Hall–Kier alpha value is -0.770. The first-order chi connectivity index (χ1) is 8.27. The second-order valence-corrected chi connectivity index (χ2v) is 4.85. The summed E-state index contributed by atoms with van der Waals surface area (Å²) in [5.41, 5.74) is 7.83. The van der Waals surface area contributed by atoms with Gasteiger partial charge in [0.25, 0.3) is 0 Å². The van der Waals surface area contributed by atoms with Gasteiger partial charge in [-0.2, -0.15) is 0 Å². The molecule has 0 aliphatic heterocycles. The highest BCUT2D eigenvalue weighted by Gasteiger charge is 2.26. The van der Waals surface area contributed by atoms with Gasteiger partial charge in [0.1, 0.15) is 0 Å². The predicted octanol–water partition coefficient (Wildman–Crippen LogP) is 2.15. The summed E-state index contributed by atoms with van der Waals surface area (Å²) in [7, 11) is 0. The predicted molar refractivity (Wildman–Crippen MR) is 71.4 cm³/mol. The van der Waals surface area contributed by atoms with Crippen molar-refractivity contribution in [3.8, 4) is 0 Å². The number of halogens is 1. The molecule has 0 bridgehead atoms. The van der Waals surface area contributed by atoms with Gasteiger partial charge in [-0.1, -0.05) is 17.7 Å². The lowest BCUT2D eigenvalue weighted by Crippen LogP contribution is -2.42. The first-order valence-electron chi connectivity index (χ1n) is 6.13. The van der Waals surface area contributed by atoms with Gasteiger partial charge in [0.15, 0.2) is 0 Å². The van der Waals surface area contributed by atoms with E-state index in [1.807, 2.05) is 18.2 Å². The number of nitrogens with zero attached hydrogens (tertiary/aromatic N) is 1. The molecule has 3 N–H and O–H groups in total. The largest absolute Gasteiger partial charge is 0.395 e. The Morgan fingerprint density at radius 3 is 2.71 bits per heavy atom. The van der Waals surface area contributed by atoms with Crippen LogP contribution in [0.25, 0.3) is 0 Å². The van der Waals surface area contributed by atoms with Crippen molar-refractivity contribution in [2.24, 2.45) is 5.73 Å². The van der Waals surface area contributed by atoms with E-state index in [0.29, 0.717) is 24.2 Å². The van der Waals surface area contributed by atoms with Crippen LogP contribution in [-0.2, 0) is 6.54 Å². The molecule has 4 heteroatoms. The summed E-state index contributed by atoms with van der Waals surface area (Å²) in [5.74, 6) is 0. The van der Waals surface area contributed by atoms with Crippen LogP contribution in [0.4, 0.5) is 5.69 Å². The van der Waals surface area contributed by atoms with E-state index in [1.54, 1.807) is 0 Å². The Morgan fingerprint density at radius 2 is 2.18 bits per heavy atom. The lowest BCUT2D eigenvalue weighted by Gasteiger charge is -2.40. The molecule has 0 radical (unpaired) electrons. The van der Waals surface area contributed by atoms with Crippen molar-refractivity contribution < 1.29 is 5.11 Å². The molecule has 1 aromatic carbocycles. The summed E-state index contributed by atoms with van der Waals surface area (Å²) < 4.78 is 0. The van der Waals surface area contributed by atoms with Crippen LogP contribution in [0.5, 0.6) is 0 Å². The summed E-state index contributed by atoms with van der Waals surface area (Å²) >= 11 is 6.17. The molecule has 0 unspecified atom stereocenters. The highest BCUT2D eigenvalue weighted by Crippen LogP contribution is 2.33. The van der Waals surface area contributed by atoms with Gasteiger partial charge in [-0.3, -0.25) is 0 Å². The van der Waals surface area contributed by atoms with Crippen molar-refractivity contribution in [1.82, 2.24) is 0 Å². The summed E-state index contributed by atoms with van der Waals surface area (Å²) in [6.07, 6.45) is 3.65. The third-order valence-electron chi connectivity index (χ3n) is 3.46. The molecule has 1 aliphatic carbocycles. The second kappa shape index (κ2) is 5.71. The van der Waals surface area contributed by atoms with E-state index >= 15 is 0 Å². The number of aliphatic hydroxyl groups is 1. The number of hydrogen-bond donors (Lipinski definition) is 2. The fourth-order valence-corrected chi connectivity index (χ4v) is 2.57. The molecule has 0 amide bonds. The van der Waals surface area contributed by atoms with Crippen molar-refractivity contribution in [1.29, 1.82) is 0 Å². The molecule has 2 rings (SSSR count). The molecule has 1 aromatic rings. The number of rotatable bonds is 5. The molecule has 1 fully saturated rings. The van der Waals surface area contributed by atoms with E-state index < -0.39 is 0 Å². The average molecular weight is 255 g/mol. The molecule has 94 valence electrons. The molecular weight excluding hydrogens is 236 g/mol. The standard InChI is InChI=1S/C13H19ClN2O/c14-12-5-2-6-13(11(12)9-15)16(7-8-17)10-3-1-4-10/h2,5-6,10,17H,1,3-4,7-9,15H2. The number of nitrogens with two attached hydrogens (primary N) is 1. The van der Waals surface area contributed by atoms with Crippen LogP contribution in [0.2, 0.25) is 5.02 Å². The van der Waals surface area contributed by atoms with Gasteiger partial charge in [-0.25, -0.2) is 0 Å². The number of benzene rings is 1. The van der Waals surface area contributed by atoms with Crippen LogP contribution in [0, 0.1) is 0 Å². The third kappa shape index (κ3) is 2.57. The molecule has 0 heterocycles. The van der Waals surface area contributed by atoms with Crippen molar-refractivity contribution >= 4 is 17.3 Å². The fraction of sp³-hybridized carbons (Fsp3) is 0.538. The van der Waals surface area contributed by atoms with E-state index in [4.69, 9.17) is 17.3 Å². The van der Waals surface area contributed by atoms with Crippen molar-refractivity contribution in [2.45, 2.75) is 31.8 Å². The Bertz CT molecular complexity index is 380. The van der Waals surface area contributed by atoms with Gasteiger partial charge < -0.3 is 15.7 Å². The second-order valence-electron chi connectivity index (χ2n) is 4.44. The molecule has 1 aliphatic rings. The smallest absolute Gasteiger partial charge is 0.0606 e. The van der Waals surface area contributed by atoms with E-state index in [-0.39, 0.29) is 6.61 Å². The summed E-state index contributed by atoms with van der Waals surface area (Å²) in [6, 6.07) is 6.39. The molecule has 0 aromatic heterocycles. The quantitative estimate of drug-likeness (QED) is 0.847. The first-order valence-corrected chi connectivity index (χ1v) is 6.50. The summed E-state index contributed by atoms with van der Waals surface area (Å²) in [6.45, 7) is 1.24. The lowest BCUT2D eigenvalue weighted by molar-refractivity contribution is 0.283. The molecule has 0 spiro atoms. The van der Waals surface area contributed by atoms with Gasteiger partial charge in [-0.05, 0) is 31.4 Å². The SMILES string of the molecule is NCc1c(Cl)cccc1N(CCO)C1CCC1. The third-order valence-corrected chi connectivity index (χ3v) is 3.82. The molecule has 1 saturated carbocycles.